The number of nitrogens with one attached hydrogen (secondary N) is 1. The van der Waals surface area contributed by atoms with Gasteiger partial charge >= 0.3 is 0 Å². The van der Waals surface area contributed by atoms with E-state index in [-0.39, 0.29) is 6.04 Å². The molecule has 1 unspecified atom stereocenters. The fourth-order valence-electron chi connectivity index (χ4n) is 1.70. The first-order valence-corrected chi connectivity index (χ1v) is 6.14. The summed E-state index contributed by atoms with van der Waals surface area (Å²) in [6, 6.07) is 1.79. The van der Waals surface area contributed by atoms with E-state index in [9.17, 15) is 0 Å². The number of pyridine rings is 1. The van der Waals surface area contributed by atoms with Gasteiger partial charge in [0.05, 0.1) is 16.8 Å². The SMILES string of the molecule is CNC(c1ccncc1Cl)c1c(Br)nnn1C. The third kappa shape index (κ3) is 2.34. The van der Waals surface area contributed by atoms with Gasteiger partial charge in [-0.2, -0.15) is 0 Å². The Labute approximate surface area is 112 Å². The van der Waals surface area contributed by atoms with Crippen LogP contribution in [0.5, 0.6) is 0 Å². The number of aromatic nitrogens is 4. The van der Waals surface area contributed by atoms with Crippen molar-refractivity contribution >= 4 is 27.5 Å². The number of hydrogen-bond donors (Lipinski definition) is 1. The Hall–Kier alpha value is -0.980. The topological polar surface area (TPSA) is 55.6 Å². The smallest absolute Gasteiger partial charge is 0.153 e. The van der Waals surface area contributed by atoms with Crippen molar-refractivity contribution in [3.8, 4) is 0 Å². The largest absolute Gasteiger partial charge is 0.308 e. The number of rotatable bonds is 3. The van der Waals surface area contributed by atoms with Crippen molar-refractivity contribution in [1.82, 2.24) is 25.3 Å². The molecule has 0 fully saturated rings. The lowest BCUT2D eigenvalue weighted by Gasteiger charge is -2.17. The lowest BCUT2D eigenvalue weighted by Crippen LogP contribution is -2.21. The predicted octanol–water partition coefficient (Wildman–Crippen LogP) is 1.93. The van der Waals surface area contributed by atoms with Gasteiger partial charge in [-0.15, -0.1) is 5.10 Å². The Balaban J connectivity index is 2.52. The van der Waals surface area contributed by atoms with Crippen LogP contribution in [0.15, 0.2) is 23.1 Å². The zero-order valence-electron chi connectivity index (χ0n) is 9.35. The Morgan fingerprint density at radius 1 is 1.53 bits per heavy atom. The van der Waals surface area contributed by atoms with Crippen LogP contribution in [0.2, 0.25) is 5.02 Å². The molecule has 2 heterocycles. The Morgan fingerprint density at radius 3 is 2.82 bits per heavy atom. The first kappa shape index (κ1) is 12.5. The second-order valence-corrected chi connectivity index (χ2v) is 4.67. The van der Waals surface area contributed by atoms with Crippen LogP contribution in [0, 0.1) is 0 Å². The summed E-state index contributed by atoms with van der Waals surface area (Å²) >= 11 is 9.54. The molecule has 0 bridgehead atoms. The highest BCUT2D eigenvalue weighted by atomic mass is 79.9. The van der Waals surface area contributed by atoms with Crippen molar-refractivity contribution in [1.29, 1.82) is 0 Å². The van der Waals surface area contributed by atoms with Crippen LogP contribution in [0.4, 0.5) is 0 Å². The zero-order chi connectivity index (χ0) is 12.4. The van der Waals surface area contributed by atoms with E-state index in [2.05, 4.69) is 36.5 Å². The summed E-state index contributed by atoms with van der Waals surface area (Å²) in [5, 5.41) is 11.7. The Kier molecular flexibility index (Phi) is 3.76. The minimum atomic E-state index is -0.0834. The van der Waals surface area contributed by atoms with Crippen LogP contribution >= 0.6 is 27.5 Å². The van der Waals surface area contributed by atoms with Crippen molar-refractivity contribution in [2.75, 3.05) is 7.05 Å². The van der Waals surface area contributed by atoms with Gasteiger partial charge in [0.15, 0.2) is 4.60 Å². The average Bonchev–Trinajstić information content (AvgIpc) is 2.64. The van der Waals surface area contributed by atoms with Gasteiger partial charge in [0.2, 0.25) is 0 Å². The minimum Gasteiger partial charge on any atom is -0.308 e. The molecule has 5 nitrogen and oxygen atoms in total. The van der Waals surface area contributed by atoms with Gasteiger partial charge in [0.1, 0.15) is 0 Å². The molecular formula is C10H11BrClN5. The van der Waals surface area contributed by atoms with Gasteiger partial charge in [0, 0.05) is 19.4 Å². The van der Waals surface area contributed by atoms with E-state index in [0.717, 1.165) is 11.3 Å². The second kappa shape index (κ2) is 5.12. The van der Waals surface area contributed by atoms with E-state index in [1.165, 1.54) is 0 Å². The number of nitrogens with zero attached hydrogens (tertiary/aromatic N) is 4. The van der Waals surface area contributed by atoms with Crippen LogP contribution < -0.4 is 5.32 Å². The number of aryl methyl sites for hydroxylation is 1. The average molecular weight is 317 g/mol. The molecule has 1 N–H and O–H groups in total. The molecule has 0 aliphatic heterocycles. The summed E-state index contributed by atoms with van der Waals surface area (Å²) in [6.45, 7) is 0. The highest BCUT2D eigenvalue weighted by Gasteiger charge is 2.22. The number of halogens is 2. The molecule has 0 amide bonds. The number of hydrogen-bond acceptors (Lipinski definition) is 4. The molecule has 90 valence electrons. The van der Waals surface area contributed by atoms with Gasteiger partial charge in [-0.3, -0.25) is 4.98 Å². The fraction of sp³-hybridized carbons (Fsp3) is 0.300. The molecule has 2 aromatic rings. The van der Waals surface area contributed by atoms with Crippen molar-refractivity contribution < 1.29 is 0 Å². The Bertz CT molecular complexity index is 508. The van der Waals surface area contributed by atoms with Crippen LogP contribution in [-0.2, 0) is 7.05 Å². The maximum Gasteiger partial charge on any atom is 0.153 e. The van der Waals surface area contributed by atoms with E-state index in [1.54, 1.807) is 17.1 Å². The van der Waals surface area contributed by atoms with Crippen molar-refractivity contribution in [3.63, 3.8) is 0 Å². The minimum absolute atomic E-state index is 0.0834. The van der Waals surface area contributed by atoms with Gasteiger partial charge in [-0.1, -0.05) is 16.8 Å². The fourth-order valence-corrected chi connectivity index (χ4v) is 2.49. The second-order valence-electron chi connectivity index (χ2n) is 3.51. The van der Waals surface area contributed by atoms with E-state index in [0.29, 0.717) is 9.63 Å². The van der Waals surface area contributed by atoms with E-state index in [4.69, 9.17) is 11.6 Å². The molecule has 0 radical (unpaired) electrons. The molecule has 0 aliphatic carbocycles. The first-order chi connectivity index (χ1) is 8.15. The molecule has 0 saturated heterocycles. The molecule has 2 rings (SSSR count). The molecule has 0 saturated carbocycles. The highest BCUT2D eigenvalue weighted by Crippen LogP contribution is 2.30. The lowest BCUT2D eigenvalue weighted by molar-refractivity contribution is 0.596. The molecule has 0 spiro atoms. The molecule has 0 aromatic carbocycles. The maximum absolute atomic E-state index is 6.15. The standard InChI is InChI=1S/C10H11BrClN5/c1-13-8(6-3-4-14-5-7(6)12)9-10(11)15-16-17(9)2/h3-5,8,13H,1-2H3. The van der Waals surface area contributed by atoms with E-state index < -0.39 is 0 Å². The Morgan fingerprint density at radius 2 is 2.29 bits per heavy atom. The summed E-state index contributed by atoms with van der Waals surface area (Å²) in [4.78, 5) is 3.98. The normalized spacial score (nSPS) is 12.7. The van der Waals surface area contributed by atoms with Gasteiger partial charge < -0.3 is 5.32 Å². The summed E-state index contributed by atoms with van der Waals surface area (Å²) in [5.74, 6) is 0. The summed E-state index contributed by atoms with van der Waals surface area (Å²) in [5.41, 5.74) is 1.86. The molecule has 7 heteroatoms. The molecule has 0 aliphatic rings. The summed E-state index contributed by atoms with van der Waals surface area (Å²) in [6.07, 6.45) is 3.34. The summed E-state index contributed by atoms with van der Waals surface area (Å²) in [7, 11) is 3.70. The van der Waals surface area contributed by atoms with Crippen LogP contribution in [-0.4, -0.2) is 27.0 Å². The van der Waals surface area contributed by atoms with Gasteiger partial charge in [-0.25, -0.2) is 4.68 Å². The van der Waals surface area contributed by atoms with Gasteiger partial charge in [0.25, 0.3) is 0 Å². The van der Waals surface area contributed by atoms with Crippen LogP contribution in [0.1, 0.15) is 17.3 Å². The van der Waals surface area contributed by atoms with Crippen molar-refractivity contribution in [2.24, 2.45) is 7.05 Å². The maximum atomic E-state index is 6.15. The lowest BCUT2D eigenvalue weighted by atomic mass is 10.1. The predicted molar refractivity (Wildman–Crippen MR) is 68.9 cm³/mol. The third-order valence-electron chi connectivity index (χ3n) is 2.50. The zero-order valence-corrected chi connectivity index (χ0v) is 11.7. The first-order valence-electron chi connectivity index (χ1n) is 4.97. The molecule has 2 aromatic heterocycles. The molecular weight excluding hydrogens is 306 g/mol. The van der Waals surface area contributed by atoms with Crippen LogP contribution in [0.3, 0.4) is 0 Å². The third-order valence-corrected chi connectivity index (χ3v) is 3.38. The highest BCUT2D eigenvalue weighted by molar-refractivity contribution is 9.10. The van der Waals surface area contributed by atoms with Crippen molar-refractivity contribution in [2.45, 2.75) is 6.04 Å². The van der Waals surface area contributed by atoms with Gasteiger partial charge in [-0.05, 0) is 34.6 Å². The quantitative estimate of drug-likeness (QED) is 0.940. The van der Waals surface area contributed by atoms with E-state index >= 15 is 0 Å². The summed E-state index contributed by atoms with van der Waals surface area (Å²) < 4.78 is 2.41. The van der Waals surface area contributed by atoms with Crippen LogP contribution in [0.25, 0.3) is 0 Å². The monoisotopic (exact) mass is 315 g/mol. The van der Waals surface area contributed by atoms with Crippen molar-refractivity contribution in [3.05, 3.63) is 39.3 Å². The van der Waals surface area contributed by atoms with E-state index in [1.807, 2.05) is 20.2 Å². The molecule has 17 heavy (non-hydrogen) atoms. The molecule has 1 atom stereocenters.